The molecule has 0 heterocycles. The molecule has 0 saturated carbocycles. The molecule has 1 amide bonds. The largest absolute Gasteiger partial charge is 0.465 e. The van der Waals surface area contributed by atoms with Crippen molar-refractivity contribution in [1.82, 2.24) is 5.32 Å². The van der Waals surface area contributed by atoms with E-state index in [0.29, 0.717) is 6.61 Å². The number of unbranched alkanes of at least 4 members (excludes halogenated alkanes) is 1. The Balaban J connectivity index is 3.63. The van der Waals surface area contributed by atoms with Crippen LogP contribution in [0.4, 0.5) is 4.79 Å². The van der Waals surface area contributed by atoms with Gasteiger partial charge in [-0.15, -0.1) is 0 Å². The van der Waals surface area contributed by atoms with Gasteiger partial charge in [-0.1, -0.05) is 13.3 Å². The first-order chi connectivity index (χ1) is 6.07. The molecular weight excluding hydrogens is 174 g/mol. The molecule has 0 bridgehead atoms. The van der Waals surface area contributed by atoms with Crippen LogP contribution in [0.15, 0.2) is 0 Å². The number of carboxylic acid groups (broad SMARTS) is 1. The molecule has 0 spiro atoms. The first-order valence-electron chi connectivity index (χ1n) is 4.24. The SMILES string of the molecule is CCCCOC(=O)[C@H](C)NC(=O)O. The van der Waals surface area contributed by atoms with Gasteiger partial charge < -0.3 is 15.2 Å². The minimum absolute atomic E-state index is 0.348. The van der Waals surface area contributed by atoms with E-state index < -0.39 is 18.1 Å². The highest BCUT2D eigenvalue weighted by molar-refractivity contribution is 5.80. The fraction of sp³-hybridized carbons (Fsp3) is 0.750. The normalized spacial score (nSPS) is 11.8. The quantitative estimate of drug-likeness (QED) is 0.499. The zero-order chi connectivity index (χ0) is 10.3. The van der Waals surface area contributed by atoms with Gasteiger partial charge >= 0.3 is 12.1 Å². The molecule has 0 unspecified atom stereocenters. The number of carbonyl (C=O) groups is 2. The second-order valence-electron chi connectivity index (χ2n) is 2.69. The van der Waals surface area contributed by atoms with Gasteiger partial charge in [-0.05, 0) is 13.3 Å². The van der Waals surface area contributed by atoms with Crippen molar-refractivity contribution in [3.05, 3.63) is 0 Å². The summed E-state index contributed by atoms with van der Waals surface area (Å²) in [5.74, 6) is -0.532. The number of hydrogen-bond acceptors (Lipinski definition) is 3. The molecule has 0 fully saturated rings. The second-order valence-corrected chi connectivity index (χ2v) is 2.69. The molecule has 0 aromatic rings. The summed E-state index contributed by atoms with van der Waals surface area (Å²) < 4.78 is 4.78. The van der Waals surface area contributed by atoms with Crippen molar-refractivity contribution in [1.29, 1.82) is 0 Å². The average Bonchev–Trinajstić information content (AvgIpc) is 2.03. The molecular formula is C8H15NO4. The molecule has 0 aromatic heterocycles. The molecule has 13 heavy (non-hydrogen) atoms. The number of ether oxygens (including phenoxy) is 1. The number of carbonyl (C=O) groups excluding carboxylic acids is 1. The van der Waals surface area contributed by atoms with Gasteiger partial charge in [0.1, 0.15) is 6.04 Å². The maximum atomic E-state index is 11.0. The van der Waals surface area contributed by atoms with E-state index in [4.69, 9.17) is 9.84 Å². The third-order valence-electron chi connectivity index (χ3n) is 1.44. The molecule has 0 saturated heterocycles. The summed E-state index contributed by atoms with van der Waals surface area (Å²) in [6.07, 6.45) is 0.513. The van der Waals surface area contributed by atoms with Crippen LogP contribution in [0, 0.1) is 0 Å². The summed E-state index contributed by atoms with van der Waals surface area (Å²) >= 11 is 0. The summed E-state index contributed by atoms with van der Waals surface area (Å²) in [4.78, 5) is 21.1. The van der Waals surface area contributed by atoms with Crippen LogP contribution in [0.5, 0.6) is 0 Å². The number of hydrogen-bond donors (Lipinski definition) is 2. The number of rotatable bonds is 5. The van der Waals surface area contributed by atoms with Crippen molar-refractivity contribution >= 4 is 12.1 Å². The fourth-order valence-corrected chi connectivity index (χ4v) is 0.686. The standard InChI is InChI=1S/C8H15NO4/c1-3-4-5-13-7(10)6(2)9-8(11)12/h6,9H,3-5H2,1-2H3,(H,11,12)/t6-/m0/s1. The molecule has 76 valence electrons. The van der Waals surface area contributed by atoms with Crippen LogP contribution < -0.4 is 5.32 Å². The van der Waals surface area contributed by atoms with Crippen LogP contribution in [-0.2, 0) is 9.53 Å². The Labute approximate surface area is 77.1 Å². The Morgan fingerprint density at radius 2 is 2.15 bits per heavy atom. The summed E-state index contributed by atoms with van der Waals surface area (Å²) in [6.45, 7) is 3.77. The fourth-order valence-electron chi connectivity index (χ4n) is 0.686. The van der Waals surface area contributed by atoms with Gasteiger partial charge in [-0.2, -0.15) is 0 Å². The molecule has 1 atom stereocenters. The summed E-state index contributed by atoms with van der Waals surface area (Å²) in [6, 6.07) is -0.797. The smallest absolute Gasteiger partial charge is 0.405 e. The third-order valence-corrected chi connectivity index (χ3v) is 1.44. The Hall–Kier alpha value is -1.26. The van der Waals surface area contributed by atoms with Gasteiger partial charge in [-0.3, -0.25) is 0 Å². The maximum absolute atomic E-state index is 11.0. The number of esters is 1. The van der Waals surface area contributed by atoms with Crippen LogP contribution >= 0.6 is 0 Å². The lowest BCUT2D eigenvalue weighted by atomic mass is 10.3. The predicted octanol–water partition coefficient (Wildman–Crippen LogP) is 0.986. The molecule has 0 aliphatic carbocycles. The third kappa shape index (κ3) is 5.95. The van der Waals surface area contributed by atoms with E-state index in [-0.39, 0.29) is 0 Å². The van der Waals surface area contributed by atoms with E-state index in [1.165, 1.54) is 6.92 Å². The molecule has 2 N–H and O–H groups in total. The van der Waals surface area contributed by atoms with Crippen LogP contribution in [-0.4, -0.2) is 29.8 Å². The highest BCUT2D eigenvalue weighted by Crippen LogP contribution is 1.92. The molecule has 5 nitrogen and oxygen atoms in total. The van der Waals surface area contributed by atoms with Crippen molar-refractivity contribution in [2.75, 3.05) is 6.61 Å². The molecule has 0 radical (unpaired) electrons. The molecule has 5 heteroatoms. The lowest BCUT2D eigenvalue weighted by Crippen LogP contribution is -2.38. The monoisotopic (exact) mass is 189 g/mol. The van der Waals surface area contributed by atoms with E-state index in [1.807, 2.05) is 12.2 Å². The maximum Gasteiger partial charge on any atom is 0.405 e. The van der Waals surface area contributed by atoms with Crippen molar-refractivity contribution in [2.24, 2.45) is 0 Å². The van der Waals surface area contributed by atoms with Crippen molar-refractivity contribution in [2.45, 2.75) is 32.7 Å². The van der Waals surface area contributed by atoms with Crippen molar-refractivity contribution in [3.63, 3.8) is 0 Å². The van der Waals surface area contributed by atoms with E-state index in [1.54, 1.807) is 0 Å². The molecule has 0 aromatic carbocycles. The Bertz CT molecular complexity index is 181. The van der Waals surface area contributed by atoms with Crippen molar-refractivity contribution in [3.8, 4) is 0 Å². The zero-order valence-corrected chi connectivity index (χ0v) is 7.87. The summed E-state index contributed by atoms with van der Waals surface area (Å²) in [5, 5.41) is 10.3. The average molecular weight is 189 g/mol. The van der Waals surface area contributed by atoms with E-state index in [2.05, 4.69) is 0 Å². The van der Waals surface area contributed by atoms with Gasteiger partial charge in [0.05, 0.1) is 6.61 Å². The van der Waals surface area contributed by atoms with E-state index >= 15 is 0 Å². The van der Waals surface area contributed by atoms with Crippen LogP contribution in [0.1, 0.15) is 26.7 Å². The van der Waals surface area contributed by atoms with Crippen LogP contribution in [0.25, 0.3) is 0 Å². The van der Waals surface area contributed by atoms with Gasteiger partial charge in [0, 0.05) is 0 Å². The number of nitrogens with one attached hydrogen (secondary N) is 1. The highest BCUT2D eigenvalue weighted by atomic mass is 16.5. The van der Waals surface area contributed by atoms with E-state index in [9.17, 15) is 9.59 Å². The first kappa shape index (κ1) is 11.7. The lowest BCUT2D eigenvalue weighted by molar-refractivity contribution is -0.145. The zero-order valence-electron chi connectivity index (χ0n) is 7.87. The van der Waals surface area contributed by atoms with Gasteiger partial charge in [-0.25, -0.2) is 9.59 Å². The van der Waals surface area contributed by atoms with Gasteiger partial charge in [0.15, 0.2) is 0 Å². The van der Waals surface area contributed by atoms with Crippen LogP contribution in [0.2, 0.25) is 0 Å². The predicted molar refractivity (Wildman–Crippen MR) is 46.5 cm³/mol. The molecule has 0 aliphatic heterocycles. The topological polar surface area (TPSA) is 75.6 Å². The van der Waals surface area contributed by atoms with Gasteiger partial charge in [0.2, 0.25) is 0 Å². The summed E-state index contributed by atoms with van der Waals surface area (Å²) in [7, 11) is 0. The molecule has 0 rings (SSSR count). The Morgan fingerprint density at radius 1 is 1.54 bits per heavy atom. The Kier molecular flexibility index (Phi) is 5.67. The van der Waals surface area contributed by atoms with E-state index in [0.717, 1.165) is 12.8 Å². The van der Waals surface area contributed by atoms with Crippen LogP contribution in [0.3, 0.4) is 0 Å². The van der Waals surface area contributed by atoms with Crippen molar-refractivity contribution < 1.29 is 19.4 Å². The van der Waals surface area contributed by atoms with Gasteiger partial charge in [0.25, 0.3) is 0 Å². The molecule has 0 aliphatic rings. The summed E-state index contributed by atoms with van der Waals surface area (Å²) in [5.41, 5.74) is 0. The Morgan fingerprint density at radius 3 is 2.62 bits per heavy atom. The lowest BCUT2D eigenvalue weighted by Gasteiger charge is -2.10. The minimum Gasteiger partial charge on any atom is -0.465 e. The number of amides is 1. The first-order valence-corrected chi connectivity index (χ1v) is 4.24. The highest BCUT2D eigenvalue weighted by Gasteiger charge is 2.15. The minimum atomic E-state index is -1.22. The second kappa shape index (κ2) is 6.28.